The number of morpholine rings is 1. The molecule has 178 valence electrons. The van der Waals surface area contributed by atoms with Crippen molar-refractivity contribution in [3.05, 3.63) is 36.2 Å². The van der Waals surface area contributed by atoms with Crippen LogP contribution in [0.2, 0.25) is 0 Å². The standard InChI is InChI=1S/C25H31N7O2/c1-18-16-34-14-12-32(18)22-15-20(25(17-26)5-9-31(10-6-25)11-13-33-2)19-3-7-27-24(23(19)29-22)21-4-8-28-30-21/h3-4,7-8,15,18H,5-6,9-14,16H2,1-2H3,(H,28,30)/t18-/m1/s1. The summed E-state index contributed by atoms with van der Waals surface area (Å²) in [6.07, 6.45) is 5.06. The number of hydrogen-bond acceptors (Lipinski definition) is 8. The summed E-state index contributed by atoms with van der Waals surface area (Å²) in [7, 11) is 1.73. The fourth-order valence-electron chi connectivity index (χ4n) is 5.15. The van der Waals surface area contributed by atoms with Gasteiger partial charge in [-0.15, -0.1) is 0 Å². The Morgan fingerprint density at radius 1 is 1.26 bits per heavy atom. The average Bonchev–Trinajstić information content (AvgIpc) is 3.42. The highest BCUT2D eigenvalue weighted by molar-refractivity contribution is 5.94. The number of aromatic nitrogens is 4. The highest BCUT2D eigenvalue weighted by atomic mass is 16.5. The minimum Gasteiger partial charge on any atom is -0.383 e. The predicted octanol–water partition coefficient (Wildman–Crippen LogP) is 2.75. The van der Waals surface area contributed by atoms with Crippen molar-refractivity contribution in [2.45, 2.75) is 31.2 Å². The Kier molecular flexibility index (Phi) is 6.46. The molecule has 0 bridgehead atoms. The molecule has 5 rings (SSSR count). The van der Waals surface area contributed by atoms with Gasteiger partial charge in [0.15, 0.2) is 0 Å². The molecular weight excluding hydrogens is 430 g/mol. The van der Waals surface area contributed by atoms with Gasteiger partial charge in [0.2, 0.25) is 0 Å². The van der Waals surface area contributed by atoms with Gasteiger partial charge >= 0.3 is 0 Å². The lowest BCUT2D eigenvalue weighted by atomic mass is 9.72. The van der Waals surface area contributed by atoms with Gasteiger partial charge in [-0.3, -0.25) is 10.1 Å². The van der Waals surface area contributed by atoms with E-state index < -0.39 is 5.41 Å². The van der Waals surface area contributed by atoms with Crippen molar-refractivity contribution >= 4 is 16.7 Å². The fourth-order valence-corrected chi connectivity index (χ4v) is 5.15. The number of piperidine rings is 1. The van der Waals surface area contributed by atoms with Gasteiger partial charge in [0.05, 0.1) is 43.0 Å². The van der Waals surface area contributed by atoms with E-state index in [4.69, 9.17) is 14.5 Å². The third kappa shape index (κ3) is 4.13. The first kappa shape index (κ1) is 22.7. The molecule has 0 unspecified atom stereocenters. The van der Waals surface area contributed by atoms with E-state index in [0.717, 1.165) is 72.7 Å². The molecule has 0 radical (unpaired) electrons. The van der Waals surface area contributed by atoms with Gasteiger partial charge < -0.3 is 19.3 Å². The second kappa shape index (κ2) is 9.66. The molecule has 0 saturated carbocycles. The van der Waals surface area contributed by atoms with Crippen LogP contribution >= 0.6 is 0 Å². The quantitative estimate of drug-likeness (QED) is 0.598. The third-order valence-corrected chi connectivity index (χ3v) is 7.18. The first-order valence-electron chi connectivity index (χ1n) is 11.9. The van der Waals surface area contributed by atoms with Crippen molar-refractivity contribution in [3.8, 4) is 17.5 Å². The van der Waals surface area contributed by atoms with E-state index >= 15 is 0 Å². The zero-order chi connectivity index (χ0) is 23.5. The van der Waals surface area contributed by atoms with E-state index in [1.165, 1.54) is 0 Å². The number of rotatable bonds is 6. The Morgan fingerprint density at radius 3 is 2.82 bits per heavy atom. The van der Waals surface area contributed by atoms with Crippen LogP contribution in [0.1, 0.15) is 25.3 Å². The van der Waals surface area contributed by atoms with Gasteiger partial charge in [-0.1, -0.05) is 0 Å². The Bertz CT molecular complexity index is 1170. The van der Waals surface area contributed by atoms with Gasteiger partial charge in [-0.25, -0.2) is 4.98 Å². The van der Waals surface area contributed by atoms with Crippen molar-refractivity contribution in [3.63, 3.8) is 0 Å². The van der Waals surface area contributed by atoms with Gasteiger partial charge in [-0.2, -0.15) is 10.4 Å². The van der Waals surface area contributed by atoms with Crippen molar-refractivity contribution in [1.82, 2.24) is 25.1 Å². The molecule has 5 heterocycles. The number of pyridine rings is 2. The molecule has 0 aliphatic carbocycles. The minimum atomic E-state index is -0.582. The van der Waals surface area contributed by atoms with Crippen LogP contribution in [0.4, 0.5) is 5.82 Å². The molecule has 2 saturated heterocycles. The number of H-pyrrole nitrogens is 1. The molecule has 1 atom stereocenters. The molecule has 2 aliphatic rings. The maximum atomic E-state index is 10.5. The van der Waals surface area contributed by atoms with Gasteiger partial charge in [0.25, 0.3) is 0 Å². The lowest BCUT2D eigenvalue weighted by Gasteiger charge is -2.39. The smallest absolute Gasteiger partial charge is 0.130 e. The lowest BCUT2D eigenvalue weighted by molar-refractivity contribution is 0.0985. The SMILES string of the molecule is COCCN1CCC(C#N)(c2cc(N3CCOC[C@H]3C)nc3c(-c4ccn[nH]4)nccc23)CC1. The van der Waals surface area contributed by atoms with E-state index in [-0.39, 0.29) is 6.04 Å². The summed E-state index contributed by atoms with van der Waals surface area (Å²) in [4.78, 5) is 14.4. The summed E-state index contributed by atoms with van der Waals surface area (Å²) >= 11 is 0. The largest absolute Gasteiger partial charge is 0.383 e. The summed E-state index contributed by atoms with van der Waals surface area (Å²) in [6, 6.07) is 8.98. The van der Waals surface area contributed by atoms with Gasteiger partial charge in [0.1, 0.15) is 17.0 Å². The van der Waals surface area contributed by atoms with E-state index in [2.05, 4.69) is 44.0 Å². The van der Waals surface area contributed by atoms with Crippen LogP contribution in [-0.4, -0.2) is 84.2 Å². The summed E-state index contributed by atoms with van der Waals surface area (Å²) in [5.74, 6) is 0.878. The maximum Gasteiger partial charge on any atom is 0.130 e. The Balaban J connectivity index is 1.64. The number of anilines is 1. The molecule has 0 amide bonds. The number of ether oxygens (including phenoxy) is 2. The molecule has 0 spiro atoms. The highest BCUT2D eigenvalue weighted by Crippen LogP contribution is 2.41. The third-order valence-electron chi connectivity index (χ3n) is 7.18. The molecule has 3 aromatic heterocycles. The van der Waals surface area contributed by atoms with Crippen LogP contribution in [0.5, 0.6) is 0 Å². The predicted molar refractivity (Wildman–Crippen MR) is 130 cm³/mol. The number of nitrogens with zero attached hydrogens (tertiary/aromatic N) is 6. The van der Waals surface area contributed by atoms with Gasteiger partial charge in [-0.05, 0) is 43.5 Å². The molecule has 3 aromatic rings. The van der Waals surface area contributed by atoms with Crippen LogP contribution in [-0.2, 0) is 14.9 Å². The van der Waals surface area contributed by atoms with Gasteiger partial charge in [0, 0.05) is 51.1 Å². The van der Waals surface area contributed by atoms with Crippen molar-refractivity contribution in [2.75, 3.05) is 58.0 Å². The summed E-state index contributed by atoms with van der Waals surface area (Å²) < 4.78 is 10.9. The van der Waals surface area contributed by atoms with Crippen LogP contribution in [0, 0.1) is 11.3 Å². The number of hydrogen-bond donors (Lipinski definition) is 1. The molecule has 9 heteroatoms. The summed E-state index contributed by atoms with van der Waals surface area (Å²) in [5, 5.41) is 18.7. The number of nitrogens with one attached hydrogen (secondary N) is 1. The normalized spacial score (nSPS) is 21.0. The number of nitriles is 1. The molecule has 0 aromatic carbocycles. The number of likely N-dealkylation sites (tertiary alicyclic amines) is 1. The Morgan fingerprint density at radius 2 is 2.12 bits per heavy atom. The van der Waals surface area contributed by atoms with Crippen LogP contribution < -0.4 is 4.90 Å². The minimum absolute atomic E-state index is 0.202. The van der Waals surface area contributed by atoms with E-state index in [0.29, 0.717) is 19.8 Å². The van der Waals surface area contributed by atoms with E-state index in [1.54, 1.807) is 19.5 Å². The second-order valence-corrected chi connectivity index (χ2v) is 9.20. The summed E-state index contributed by atoms with van der Waals surface area (Å²) in [5.41, 5.74) is 2.83. The van der Waals surface area contributed by atoms with E-state index in [1.807, 2.05) is 12.1 Å². The molecule has 34 heavy (non-hydrogen) atoms. The van der Waals surface area contributed by atoms with Crippen molar-refractivity contribution < 1.29 is 9.47 Å². The lowest BCUT2D eigenvalue weighted by Crippen LogP contribution is -2.45. The van der Waals surface area contributed by atoms with Crippen LogP contribution in [0.15, 0.2) is 30.6 Å². The first-order valence-corrected chi connectivity index (χ1v) is 11.9. The van der Waals surface area contributed by atoms with Crippen LogP contribution in [0.3, 0.4) is 0 Å². The zero-order valence-corrected chi connectivity index (χ0v) is 19.8. The molecule has 9 nitrogen and oxygen atoms in total. The number of fused-ring (bicyclic) bond motifs is 1. The zero-order valence-electron chi connectivity index (χ0n) is 19.8. The monoisotopic (exact) mass is 461 g/mol. The summed E-state index contributed by atoms with van der Waals surface area (Å²) in [6.45, 7) is 7.56. The van der Waals surface area contributed by atoms with E-state index in [9.17, 15) is 5.26 Å². The topological polar surface area (TPSA) is 103 Å². The molecule has 2 aliphatic heterocycles. The second-order valence-electron chi connectivity index (χ2n) is 9.20. The number of aromatic amines is 1. The highest BCUT2D eigenvalue weighted by Gasteiger charge is 2.39. The Hall–Kier alpha value is -3.06. The first-order chi connectivity index (χ1) is 16.6. The van der Waals surface area contributed by atoms with Crippen molar-refractivity contribution in [1.29, 1.82) is 5.26 Å². The fraction of sp³-hybridized carbons (Fsp3) is 0.520. The molecular formula is C25H31N7O2. The van der Waals surface area contributed by atoms with Crippen molar-refractivity contribution in [2.24, 2.45) is 0 Å². The van der Waals surface area contributed by atoms with Crippen LogP contribution in [0.25, 0.3) is 22.3 Å². The molecule has 1 N–H and O–H groups in total. The average molecular weight is 462 g/mol. The number of methoxy groups -OCH3 is 1. The Labute approximate surface area is 199 Å². The maximum absolute atomic E-state index is 10.5. The molecule has 2 fully saturated rings.